The Morgan fingerprint density at radius 2 is 1.97 bits per heavy atom. The molecule has 0 spiro atoms. The largest absolute Gasteiger partial charge is 0.369 e. The molecule has 0 amide bonds. The number of halogens is 1. The van der Waals surface area contributed by atoms with Crippen LogP contribution in [0.4, 0.5) is 4.39 Å². The maximum Gasteiger partial charge on any atom is 0.282 e. The monoisotopic (exact) mass is 421 g/mol. The van der Waals surface area contributed by atoms with Crippen molar-refractivity contribution in [3.8, 4) is 0 Å². The lowest BCUT2D eigenvalue weighted by Gasteiger charge is -2.35. The molecule has 2 aromatic rings. The van der Waals surface area contributed by atoms with Crippen molar-refractivity contribution in [2.75, 3.05) is 32.8 Å². The number of aryl methyl sites for hydroxylation is 1. The molecule has 8 heteroatoms. The summed E-state index contributed by atoms with van der Waals surface area (Å²) in [5, 5.41) is 0. The first-order chi connectivity index (χ1) is 13.8. The molecule has 0 unspecified atom stereocenters. The van der Waals surface area contributed by atoms with E-state index in [-0.39, 0.29) is 12.4 Å². The van der Waals surface area contributed by atoms with Gasteiger partial charge in [-0.2, -0.15) is 17.0 Å². The highest BCUT2D eigenvalue weighted by atomic mass is 32.2. The third-order valence-electron chi connectivity index (χ3n) is 5.05. The van der Waals surface area contributed by atoms with Gasteiger partial charge in [0.1, 0.15) is 11.9 Å². The Morgan fingerprint density at radius 3 is 2.66 bits per heavy atom. The highest BCUT2D eigenvalue weighted by Crippen LogP contribution is 2.25. The zero-order chi connectivity index (χ0) is 21.0. The second kappa shape index (κ2) is 9.30. The molecule has 1 aliphatic heterocycles. The van der Waals surface area contributed by atoms with Gasteiger partial charge in [-0.25, -0.2) is 4.39 Å². The maximum absolute atomic E-state index is 13.5. The van der Waals surface area contributed by atoms with Crippen LogP contribution in [0.2, 0.25) is 0 Å². The van der Waals surface area contributed by atoms with Crippen molar-refractivity contribution in [3.05, 3.63) is 64.7 Å². The summed E-state index contributed by atoms with van der Waals surface area (Å²) in [5.74, 6) is -0.263. The third kappa shape index (κ3) is 5.19. The van der Waals surface area contributed by atoms with Crippen molar-refractivity contribution < 1.29 is 17.5 Å². The molecule has 1 saturated heterocycles. The van der Waals surface area contributed by atoms with E-state index < -0.39 is 16.3 Å². The molecule has 1 aromatic heterocycles. The zero-order valence-corrected chi connectivity index (χ0v) is 18.0. The molecular formula is C21H28FN3O3S. The van der Waals surface area contributed by atoms with Crippen LogP contribution in [-0.4, -0.2) is 54.8 Å². The van der Waals surface area contributed by atoms with Crippen LogP contribution in [-0.2, 0) is 21.4 Å². The molecule has 0 N–H and O–H groups in total. The SMILES string of the molecule is CCN(CC)S(=O)(=O)N1CCO[C@H](c2cc(Cc3cccc(F)c3)cc(C)n2)C1. The number of rotatable bonds is 7. The molecule has 1 fully saturated rings. The molecule has 0 aliphatic carbocycles. The number of hydrogen-bond acceptors (Lipinski definition) is 4. The highest BCUT2D eigenvalue weighted by molar-refractivity contribution is 7.86. The number of aromatic nitrogens is 1. The van der Waals surface area contributed by atoms with E-state index in [4.69, 9.17) is 4.74 Å². The van der Waals surface area contributed by atoms with Gasteiger partial charge in [-0.1, -0.05) is 26.0 Å². The first-order valence-electron chi connectivity index (χ1n) is 9.92. The Kier molecular flexibility index (Phi) is 7.00. The Balaban J connectivity index is 1.82. The lowest BCUT2D eigenvalue weighted by atomic mass is 10.0. The Morgan fingerprint density at radius 1 is 1.21 bits per heavy atom. The summed E-state index contributed by atoms with van der Waals surface area (Å²) in [7, 11) is -3.52. The molecule has 158 valence electrons. The van der Waals surface area contributed by atoms with Crippen LogP contribution in [0.3, 0.4) is 0 Å². The lowest BCUT2D eigenvalue weighted by molar-refractivity contribution is -0.00668. The predicted octanol–water partition coefficient (Wildman–Crippen LogP) is 3.08. The normalized spacial score (nSPS) is 18.3. The van der Waals surface area contributed by atoms with Crippen LogP contribution in [0.5, 0.6) is 0 Å². The van der Waals surface area contributed by atoms with Crippen molar-refractivity contribution >= 4 is 10.2 Å². The molecule has 1 aromatic carbocycles. The standard InChI is InChI=1S/C21H28FN3O3S/c1-4-24(5-2)29(26,27)25-9-10-28-21(15-25)20-14-18(11-16(3)23-20)12-17-7-6-8-19(22)13-17/h6-8,11,13-14,21H,4-5,9-10,12,15H2,1-3H3/t21-/m0/s1. The fourth-order valence-electron chi connectivity index (χ4n) is 3.65. The van der Waals surface area contributed by atoms with Gasteiger partial charge < -0.3 is 4.74 Å². The minimum atomic E-state index is -3.52. The van der Waals surface area contributed by atoms with Crippen LogP contribution in [0.25, 0.3) is 0 Å². The summed E-state index contributed by atoms with van der Waals surface area (Å²) in [6.45, 7) is 7.31. The summed E-state index contributed by atoms with van der Waals surface area (Å²) in [6.07, 6.45) is 0.141. The van der Waals surface area contributed by atoms with Gasteiger partial charge in [-0.3, -0.25) is 4.98 Å². The molecule has 3 rings (SSSR count). The van der Waals surface area contributed by atoms with Crippen LogP contribution < -0.4 is 0 Å². The van der Waals surface area contributed by atoms with Crippen molar-refractivity contribution in [2.45, 2.75) is 33.3 Å². The van der Waals surface area contributed by atoms with E-state index in [2.05, 4.69) is 4.98 Å². The van der Waals surface area contributed by atoms with Gasteiger partial charge >= 0.3 is 0 Å². The number of morpholine rings is 1. The van der Waals surface area contributed by atoms with Gasteiger partial charge in [-0.05, 0) is 48.7 Å². The molecule has 2 heterocycles. The molecule has 1 atom stereocenters. The quantitative estimate of drug-likeness (QED) is 0.689. The summed E-state index contributed by atoms with van der Waals surface area (Å²) < 4.78 is 48.0. The van der Waals surface area contributed by atoms with Crippen molar-refractivity contribution in [3.63, 3.8) is 0 Å². The summed E-state index contributed by atoms with van der Waals surface area (Å²) in [6, 6.07) is 10.4. The van der Waals surface area contributed by atoms with E-state index in [1.165, 1.54) is 20.7 Å². The van der Waals surface area contributed by atoms with E-state index in [1.807, 2.05) is 39.0 Å². The molecule has 0 saturated carbocycles. The van der Waals surface area contributed by atoms with Gasteiger partial charge in [0.25, 0.3) is 10.2 Å². The van der Waals surface area contributed by atoms with E-state index in [0.717, 1.165) is 16.8 Å². The first-order valence-corrected chi connectivity index (χ1v) is 11.3. The van der Waals surface area contributed by atoms with Gasteiger partial charge in [0.2, 0.25) is 0 Å². The number of pyridine rings is 1. The topological polar surface area (TPSA) is 62.7 Å². The fraction of sp³-hybridized carbons (Fsp3) is 0.476. The number of nitrogens with zero attached hydrogens (tertiary/aromatic N) is 3. The van der Waals surface area contributed by atoms with Gasteiger partial charge in [-0.15, -0.1) is 0 Å². The molecule has 6 nitrogen and oxygen atoms in total. The van der Waals surface area contributed by atoms with Crippen LogP contribution in [0.15, 0.2) is 36.4 Å². The average molecular weight is 422 g/mol. The molecular weight excluding hydrogens is 393 g/mol. The predicted molar refractivity (Wildman–Crippen MR) is 110 cm³/mol. The summed E-state index contributed by atoms with van der Waals surface area (Å²) in [4.78, 5) is 4.58. The van der Waals surface area contributed by atoms with E-state index >= 15 is 0 Å². The maximum atomic E-state index is 13.5. The van der Waals surface area contributed by atoms with Gasteiger partial charge in [0, 0.05) is 31.9 Å². The summed E-state index contributed by atoms with van der Waals surface area (Å²) in [5.41, 5.74) is 3.39. The Bertz CT molecular complexity index is 948. The van der Waals surface area contributed by atoms with E-state index in [1.54, 1.807) is 6.07 Å². The van der Waals surface area contributed by atoms with E-state index in [0.29, 0.717) is 38.4 Å². The summed E-state index contributed by atoms with van der Waals surface area (Å²) >= 11 is 0. The number of benzene rings is 1. The lowest BCUT2D eigenvalue weighted by Crippen LogP contribution is -2.49. The van der Waals surface area contributed by atoms with Crippen LogP contribution in [0.1, 0.15) is 42.5 Å². The van der Waals surface area contributed by atoms with Crippen molar-refractivity contribution in [1.82, 2.24) is 13.6 Å². The number of ether oxygens (including phenoxy) is 1. The van der Waals surface area contributed by atoms with E-state index in [9.17, 15) is 12.8 Å². The molecule has 1 aliphatic rings. The van der Waals surface area contributed by atoms with Gasteiger partial charge in [0.05, 0.1) is 12.3 Å². The zero-order valence-electron chi connectivity index (χ0n) is 17.1. The average Bonchev–Trinajstić information content (AvgIpc) is 2.68. The fourth-order valence-corrected chi connectivity index (χ4v) is 5.25. The molecule has 0 bridgehead atoms. The second-order valence-corrected chi connectivity index (χ2v) is 9.09. The van der Waals surface area contributed by atoms with Crippen LogP contribution in [0, 0.1) is 12.7 Å². The molecule has 0 radical (unpaired) electrons. The van der Waals surface area contributed by atoms with Crippen molar-refractivity contribution in [1.29, 1.82) is 0 Å². The van der Waals surface area contributed by atoms with Gasteiger partial charge in [0.15, 0.2) is 0 Å². The Hall–Kier alpha value is -1.87. The minimum Gasteiger partial charge on any atom is -0.369 e. The molecule has 29 heavy (non-hydrogen) atoms. The smallest absolute Gasteiger partial charge is 0.282 e. The third-order valence-corrected chi connectivity index (χ3v) is 7.20. The van der Waals surface area contributed by atoms with Crippen LogP contribution >= 0.6 is 0 Å². The highest BCUT2D eigenvalue weighted by Gasteiger charge is 2.34. The first kappa shape index (κ1) is 21.8. The second-order valence-electron chi connectivity index (χ2n) is 7.16. The van der Waals surface area contributed by atoms with Crippen molar-refractivity contribution in [2.24, 2.45) is 0 Å². The minimum absolute atomic E-state index is 0.231. The number of hydrogen-bond donors (Lipinski definition) is 0. The Labute approximate surface area is 172 Å².